The first-order valence-corrected chi connectivity index (χ1v) is 13.3. The van der Waals surface area contributed by atoms with Crippen molar-refractivity contribution in [1.82, 2.24) is 20.2 Å². The summed E-state index contributed by atoms with van der Waals surface area (Å²) in [6.45, 7) is 10.0. The molecule has 1 saturated heterocycles. The van der Waals surface area contributed by atoms with Gasteiger partial charge in [-0.3, -0.25) is 9.69 Å². The van der Waals surface area contributed by atoms with Crippen molar-refractivity contribution in [1.29, 1.82) is 0 Å². The molecule has 1 amide bonds. The van der Waals surface area contributed by atoms with Crippen molar-refractivity contribution in [3.05, 3.63) is 46.6 Å². The molecule has 0 spiro atoms. The average molecular weight is 470 g/mol. The second kappa shape index (κ2) is 10.6. The maximum Gasteiger partial charge on any atom is 0.261 e. The van der Waals surface area contributed by atoms with Crippen molar-refractivity contribution < 1.29 is 4.79 Å². The zero-order chi connectivity index (χ0) is 22.5. The summed E-state index contributed by atoms with van der Waals surface area (Å²) < 4.78 is 0. The Labute approximate surface area is 198 Å². The minimum absolute atomic E-state index is 0.0232. The lowest BCUT2D eigenvalue weighted by atomic mass is 10.1. The fraction of sp³-hybridized carbons (Fsp3) is 0.458. The number of aryl methyl sites for hydroxylation is 1. The molecule has 1 aromatic carbocycles. The number of hydrogen-bond acceptors (Lipinski definition) is 7. The number of fused-ring (bicyclic) bond motifs is 1. The third-order valence-corrected chi connectivity index (χ3v) is 7.93. The molecule has 32 heavy (non-hydrogen) atoms. The lowest BCUT2D eigenvalue weighted by Crippen LogP contribution is -2.46. The van der Waals surface area contributed by atoms with E-state index in [0.717, 1.165) is 65.6 Å². The van der Waals surface area contributed by atoms with Crippen LogP contribution < -0.4 is 10.2 Å². The van der Waals surface area contributed by atoms with Crippen LogP contribution in [0.1, 0.15) is 34.1 Å². The maximum absolute atomic E-state index is 13.0. The van der Waals surface area contributed by atoms with Gasteiger partial charge in [-0.15, -0.1) is 23.1 Å². The van der Waals surface area contributed by atoms with Crippen LogP contribution in [0.25, 0.3) is 10.2 Å². The van der Waals surface area contributed by atoms with Crippen LogP contribution >= 0.6 is 23.1 Å². The molecule has 0 bridgehead atoms. The molecule has 1 aliphatic heterocycles. The van der Waals surface area contributed by atoms with Gasteiger partial charge < -0.3 is 10.2 Å². The number of rotatable bonds is 8. The summed E-state index contributed by atoms with van der Waals surface area (Å²) in [7, 11) is 0. The van der Waals surface area contributed by atoms with E-state index in [1.165, 1.54) is 28.2 Å². The third-order valence-electron chi connectivity index (χ3n) is 5.98. The van der Waals surface area contributed by atoms with E-state index in [0.29, 0.717) is 6.54 Å². The molecule has 1 aliphatic rings. The Morgan fingerprint density at radius 1 is 1.16 bits per heavy atom. The molecule has 0 unspecified atom stereocenters. The number of thioether (sulfide) groups is 1. The zero-order valence-corrected chi connectivity index (χ0v) is 20.7. The molecule has 8 heteroatoms. The number of benzene rings is 1. The second-order valence-electron chi connectivity index (χ2n) is 8.12. The fourth-order valence-electron chi connectivity index (χ4n) is 4.20. The lowest BCUT2D eigenvalue weighted by molar-refractivity contribution is 0.0957. The van der Waals surface area contributed by atoms with E-state index in [2.05, 4.69) is 62.5 Å². The van der Waals surface area contributed by atoms with E-state index >= 15 is 0 Å². The van der Waals surface area contributed by atoms with Crippen LogP contribution in [0.2, 0.25) is 0 Å². The van der Waals surface area contributed by atoms with Gasteiger partial charge in [-0.1, -0.05) is 19.1 Å². The fourth-order valence-corrected chi connectivity index (χ4v) is 5.67. The van der Waals surface area contributed by atoms with Gasteiger partial charge in [-0.05, 0) is 55.8 Å². The van der Waals surface area contributed by atoms with E-state index < -0.39 is 0 Å². The Morgan fingerprint density at radius 3 is 2.59 bits per heavy atom. The van der Waals surface area contributed by atoms with E-state index in [-0.39, 0.29) is 5.91 Å². The average Bonchev–Trinajstić information content (AvgIpc) is 3.17. The smallest absolute Gasteiger partial charge is 0.261 e. The predicted molar refractivity (Wildman–Crippen MR) is 135 cm³/mol. The molecular weight excluding hydrogens is 438 g/mol. The lowest BCUT2D eigenvalue weighted by Gasteiger charge is -2.35. The molecule has 6 nitrogen and oxygen atoms in total. The minimum atomic E-state index is -0.0232. The monoisotopic (exact) mass is 469 g/mol. The summed E-state index contributed by atoms with van der Waals surface area (Å²) >= 11 is 3.20. The van der Waals surface area contributed by atoms with Crippen molar-refractivity contribution in [2.45, 2.75) is 31.6 Å². The number of thiophene rings is 1. The molecule has 0 radical (unpaired) electrons. The molecule has 0 aliphatic carbocycles. The van der Waals surface area contributed by atoms with Crippen molar-refractivity contribution in [3.63, 3.8) is 0 Å². The number of carbonyl (C=O) groups excluding carboxylic acids is 1. The highest BCUT2D eigenvalue weighted by Crippen LogP contribution is 2.35. The second-order valence-corrected chi connectivity index (χ2v) is 10.00. The van der Waals surface area contributed by atoms with Crippen LogP contribution in [0.5, 0.6) is 0 Å². The number of nitrogens with one attached hydrogen (secondary N) is 1. The Hall–Kier alpha value is -2.16. The van der Waals surface area contributed by atoms with E-state index in [4.69, 9.17) is 0 Å². The quantitative estimate of drug-likeness (QED) is 0.498. The van der Waals surface area contributed by atoms with Gasteiger partial charge in [-0.25, -0.2) is 9.97 Å². The zero-order valence-electron chi connectivity index (χ0n) is 19.1. The molecular formula is C24H31N5OS2. The highest BCUT2D eigenvalue weighted by Gasteiger charge is 2.24. The topological polar surface area (TPSA) is 61.4 Å². The van der Waals surface area contributed by atoms with Crippen molar-refractivity contribution in [2.75, 3.05) is 50.4 Å². The molecule has 3 aromatic rings. The van der Waals surface area contributed by atoms with Crippen LogP contribution in [0.4, 0.5) is 5.82 Å². The van der Waals surface area contributed by atoms with Crippen LogP contribution in [0, 0.1) is 6.92 Å². The Balaban J connectivity index is 1.44. The summed E-state index contributed by atoms with van der Waals surface area (Å²) in [6.07, 6.45) is 5.71. The minimum Gasteiger partial charge on any atom is -0.353 e. The number of anilines is 1. The van der Waals surface area contributed by atoms with Crippen LogP contribution in [-0.2, 0) is 6.42 Å². The number of hydrogen-bond donors (Lipinski definition) is 1. The Kier molecular flexibility index (Phi) is 7.65. The van der Waals surface area contributed by atoms with Gasteiger partial charge in [0.05, 0.1) is 10.3 Å². The van der Waals surface area contributed by atoms with Crippen molar-refractivity contribution in [3.8, 4) is 0 Å². The van der Waals surface area contributed by atoms with Gasteiger partial charge in [0.15, 0.2) is 0 Å². The van der Waals surface area contributed by atoms with E-state index in [1.54, 1.807) is 18.1 Å². The van der Waals surface area contributed by atoms with Gasteiger partial charge in [0.2, 0.25) is 0 Å². The molecule has 4 rings (SSSR count). The Bertz CT molecular complexity index is 1060. The van der Waals surface area contributed by atoms with Gasteiger partial charge in [0.25, 0.3) is 5.91 Å². The third kappa shape index (κ3) is 5.08. The Morgan fingerprint density at radius 2 is 1.91 bits per heavy atom. The highest BCUT2D eigenvalue weighted by atomic mass is 32.2. The number of amides is 1. The molecule has 3 heterocycles. The standard InChI is InChI=1S/C24H31N5OS2/c1-4-11-28-12-14-29(15-13-28)22-20-17(2)21(32-24(20)27-16-26-22)23(30)25-10-9-18-5-7-19(31-3)8-6-18/h5-8,16H,4,9-15H2,1-3H3,(H,25,30). The molecule has 1 N–H and O–H groups in total. The van der Waals surface area contributed by atoms with Crippen LogP contribution in [0.3, 0.4) is 0 Å². The summed E-state index contributed by atoms with van der Waals surface area (Å²) in [5.74, 6) is 0.942. The van der Waals surface area contributed by atoms with E-state index in [9.17, 15) is 4.79 Å². The first-order chi connectivity index (χ1) is 15.6. The molecule has 0 atom stereocenters. The molecule has 170 valence electrons. The SMILES string of the molecule is CCCN1CCN(c2ncnc3sc(C(=O)NCCc4ccc(SC)cc4)c(C)c23)CC1. The number of piperazine rings is 1. The van der Waals surface area contributed by atoms with Gasteiger partial charge in [0.1, 0.15) is 17.0 Å². The largest absolute Gasteiger partial charge is 0.353 e. The summed E-state index contributed by atoms with van der Waals surface area (Å²) in [5.41, 5.74) is 2.21. The predicted octanol–water partition coefficient (Wildman–Crippen LogP) is 4.23. The first kappa shape index (κ1) is 23.0. The van der Waals surface area contributed by atoms with Crippen LogP contribution in [0.15, 0.2) is 35.5 Å². The van der Waals surface area contributed by atoms with Crippen molar-refractivity contribution >= 4 is 45.0 Å². The van der Waals surface area contributed by atoms with Gasteiger partial charge >= 0.3 is 0 Å². The van der Waals surface area contributed by atoms with E-state index in [1.807, 2.05) is 6.92 Å². The molecule has 1 fully saturated rings. The van der Waals surface area contributed by atoms with Crippen LogP contribution in [-0.4, -0.2) is 66.3 Å². The maximum atomic E-state index is 13.0. The summed E-state index contributed by atoms with van der Waals surface area (Å²) in [5, 5.41) is 4.12. The highest BCUT2D eigenvalue weighted by molar-refractivity contribution is 7.98. The molecule has 2 aromatic heterocycles. The van der Waals surface area contributed by atoms with Gasteiger partial charge in [-0.2, -0.15) is 0 Å². The number of nitrogens with zero attached hydrogens (tertiary/aromatic N) is 4. The van der Waals surface area contributed by atoms with Crippen molar-refractivity contribution in [2.24, 2.45) is 0 Å². The number of aromatic nitrogens is 2. The normalized spacial score (nSPS) is 14.8. The van der Waals surface area contributed by atoms with Gasteiger partial charge in [0, 0.05) is 37.6 Å². The first-order valence-electron chi connectivity index (χ1n) is 11.2. The summed E-state index contributed by atoms with van der Waals surface area (Å²) in [4.78, 5) is 29.8. The number of carbonyl (C=O) groups is 1. The molecule has 0 saturated carbocycles. The summed E-state index contributed by atoms with van der Waals surface area (Å²) in [6, 6.07) is 8.51.